The van der Waals surface area contributed by atoms with Crippen LogP contribution in [0, 0.1) is 20.7 Å². The molecule has 4 rings (SSSR count). The molecule has 1 aliphatic heterocycles. The first-order valence-electron chi connectivity index (χ1n) is 12.2. The Bertz CT molecular complexity index is 1270. The van der Waals surface area contributed by atoms with E-state index < -0.39 is 24.5 Å². The van der Waals surface area contributed by atoms with E-state index in [9.17, 15) is 0 Å². The molecule has 1 aliphatic rings. The summed E-state index contributed by atoms with van der Waals surface area (Å²) in [6.45, 7) is 4.97. The number of nitrogens with zero attached hydrogens (tertiary/aromatic N) is 3. The van der Waals surface area contributed by atoms with Gasteiger partial charge in [-0.15, -0.1) is 9.36 Å². The van der Waals surface area contributed by atoms with Crippen LogP contribution in [0.4, 0.5) is 0 Å². The van der Waals surface area contributed by atoms with Crippen LogP contribution in [0.2, 0.25) is 0 Å². The lowest BCUT2D eigenvalue weighted by Crippen LogP contribution is -2.51. The molecule has 0 bridgehead atoms. The number of hydrogen-bond acceptors (Lipinski definition) is 1. The highest BCUT2D eigenvalue weighted by atomic mass is 15.5. The van der Waals surface area contributed by atoms with Crippen molar-refractivity contribution in [1.29, 1.82) is 0 Å². The molecule has 0 fully saturated rings. The molecule has 27 heavy (non-hydrogen) atoms. The quantitative estimate of drug-likeness (QED) is 0.564. The van der Waals surface area contributed by atoms with Crippen LogP contribution in [-0.2, 0) is 17.9 Å². The van der Waals surface area contributed by atoms with E-state index in [1.54, 1.807) is 19.1 Å². The summed E-state index contributed by atoms with van der Waals surface area (Å²) in [5.41, 5.74) is 2.55. The first kappa shape index (κ1) is 12.1. The van der Waals surface area contributed by atoms with E-state index in [0.29, 0.717) is 17.2 Å². The van der Waals surface area contributed by atoms with E-state index >= 15 is 0 Å². The highest BCUT2D eigenvalue weighted by molar-refractivity contribution is 5.59. The minimum absolute atomic E-state index is 0.235. The summed E-state index contributed by atoms with van der Waals surface area (Å²) in [4.78, 5) is 4.92. The van der Waals surface area contributed by atoms with E-state index in [4.69, 9.17) is 13.2 Å². The van der Waals surface area contributed by atoms with Crippen LogP contribution < -0.4 is 4.68 Å². The Morgan fingerprint density at radius 3 is 2.48 bits per heavy atom. The molecule has 0 saturated carbocycles. The smallest absolute Gasteiger partial charge is 0.147 e. The Labute approximate surface area is 171 Å². The average molecular weight is 367 g/mol. The lowest BCUT2D eigenvalue weighted by Gasteiger charge is -2.44. The summed E-state index contributed by atoms with van der Waals surface area (Å²) in [5, 5.41) is 0. The number of benzene rings is 2. The third-order valence-corrected chi connectivity index (χ3v) is 6.17. The fourth-order valence-corrected chi connectivity index (χ4v) is 4.19. The predicted molar refractivity (Wildman–Crippen MR) is 110 cm³/mol. The van der Waals surface area contributed by atoms with Gasteiger partial charge in [-0.25, -0.2) is 0 Å². The second-order valence-corrected chi connectivity index (χ2v) is 8.40. The average Bonchev–Trinajstić information content (AvgIpc) is 3.01. The maximum absolute atomic E-state index is 8.54. The molecule has 2 heterocycles. The van der Waals surface area contributed by atoms with Gasteiger partial charge in [0.2, 0.25) is 0 Å². The lowest BCUT2D eigenvalue weighted by molar-refractivity contribution is -0.736. The molecule has 0 saturated heterocycles. The molecule has 0 aliphatic carbocycles. The molecule has 0 N–H and O–H groups in total. The van der Waals surface area contributed by atoms with Crippen molar-refractivity contribution in [2.75, 3.05) is 0 Å². The largest absolute Gasteiger partial charge is 0.351 e. The van der Waals surface area contributed by atoms with Gasteiger partial charge in [-0.05, 0) is 73.8 Å². The van der Waals surface area contributed by atoms with Gasteiger partial charge in [-0.3, -0.25) is 0 Å². The first-order chi connectivity index (χ1) is 15.0. The summed E-state index contributed by atoms with van der Waals surface area (Å²) < 4.78 is 52.9. The van der Waals surface area contributed by atoms with Crippen LogP contribution in [0.1, 0.15) is 63.9 Å². The van der Waals surface area contributed by atoms with E-state index in [1.807, 2.05) is 68.4 Å². The van der Waals surface area contributed by atoms with Gasteiger partial charge in [0.25, 0.3) is 5.82 Å². The van der Waals surface area contributed by atoms with Crippen molar-refractivity contribution in [3.8, 4) is 17.1 Å². The molecule has 2 aromatic carbocycles. The second kappa shape index (κ2) is 5.54. The fraction of sp³-hybridized carbons (Fsp3) is 0.417. The minimum atomic E-state index is -2.33. The van der Waals surface area contributed by atoms with E-state index in [2.05, 4.69) is 0 Å². The Balaban J connectivity index is 2.13. The molecule has 1 unspecified atom stereocenters. The SMILES string of the molecule is [2H]C([2H])([2H])c1cc(C)cc(-c2nc3n([n+]2C)-c2c(C)cccc2C(C)(C)C3(C)C([2H])([2H])[2H])c1. The zero-order chi connectivity index (χ0) is 24.7. The third kappa shape index (κ3) is 2.33. The predicted octanol–water partition coefficient (Wildman–Crippen LogP) is 4.86. The van der Waals surface area contributed by atoms with Crippen LogP contribution >= 0.6 is 0 Å². The number of fused-ring (bicyclic) bond motifs is 3. The summed E-state index contributed by atoms with van der Waals surface area (Å²) in [7, 11) is 1.84. The molecule has 1 aromatic heterocycles. The van der Waals surface area contributed by atoms with Gasteiger partial charge in [0.15, 0.2) is 0 Å². The van der Waals surface area contributed by atoms with Gasteiger partial charge in [-0.1, -0.05) is 38.1 Å². The standard InChI is InChI=1S/C24H30N3/c1-15-12-16(2)14-18(13-15)21-25-22-24(6,7)23(4,5)19-11-9-10-17(3)20(19)27(22)26(21)8/h9-14H,1-8H3/q+1/i1D3,6D3. The zero-order valence-corrected chi connectivity index (χ0v) is 16.8. The second-order valence-electron chi connectivity index (χ2n) is 8.40. The summed E-state index contributed by atoms with van der Waals surface area (Å²) in [5.74, 6) is 0.977. The van der Waals surface area contributed by atoms with Crippen molar-refractivity contribution in [1.82, 2.24) is 9.67 Å². The Morgan fingerprint density at radius 1 is 1.04 bits per heavy atom. The lowest BCUT2D eigenvalue weighted by atomic mass is 9.61. The summed E-state index contributed by atoms with van der Waals surface area (Å²) >= 11 is 0. The molecule has 140 valence electrons. The summed E-state index contributed by atoms with van der Waals surface area (Å²) in [6, 6.07) is 11.1. The highest BCUT2D eigenvalue weighted by Gasteiger charge is 2.53. The molecule has 3 nitrogen and oxygen atoms in total. The van der Waals surface area contributed by atoms with Gasteiger partial charge in [-0.2, -0.15) is 0 Å². The van der Waals surface area contributed by atoms with E-state index in [-0.39, 0.29) is 5.56 Å². The van der Waals surface area contributed by atoms with Crippen molar-refractivity contribution >= 4 is 0 Å². The van der Waals surface area contributed by atoms with Crippen LogP contribution in [-0.4, -0.2) is 9.67 Å². The molecule has 0 spiro atoms. The van der Waals surface area contributed by atoms with Crippen molar-refractivity contribution in [2.45, 2.75) is 59.2 Å². The third-order valence-electron chi connectivity index (χ3n) is 6.17. The van der Waals surface area contributed by atoms with Crippen LogP contribution in [0.15, 0.2) is 36.4 Å². The zero-order valence-electron chi connectivity index (χ0n) is 22.8. The van der Waals surface area contributed by atoms with Gasteiger partial charge in [0, 0.05) is 13.6 Å². The van der Waals surface area contributed by atoms with Gasteiger partial charge in [0.05, 0.1) is 16.7 Å². The van der Waals surface area contributed by atoms with Gasteiger partial charge >= 0.3 is 5.82 Å². The topological polar surface area (TPSA) is 21.7 Å². The minimum Gasteiger partial charge on any atom is -0.147 e. The maximum Gasteiger partial charge on any atom is 0.351 e. The fourth-order valence-electron chi connectivity index (χ4n) is 4.19. The normalized spacial score (nSPS) is 24.5. The number of para-hydroxylation sites is 1. The Morgan fingerprint density at radius 2 is 1.78 bits per heavy atom. The molecule has 3 aromatic rings. The van der Waals surface area contributed by atoms with Gasteiger partial charge < -0.3 is 0 Å². The Hall–Kier alpha value is -2.42. The van der Waals surface area contributed by atoms with Crippen molar-refractivity contribution in [3.63, 3.8) is 0 Å². The number of hydrogen-bond donors (Lipinski definition) is 0. The first-order valence-corrected chi connectivity index (χ1v) is 9.24. The highest BCUT2D eigenvalue weighted by Crippen LogP contribution is 2.49. The number of aromatic nitrogens is 3. The monoisotopic (exact) mass is 366 g/mol. The number of rotatable bonds is 1. The molecular formula is C24H30N3+. The Kier molecular flexibility index (Phi) is 2.49. The molecule has 0 amide bonds. The molecular weight excluding hydrogens is 330 g/mol. The van der Waals surface area contributed by atoms with Crippen LogP contribution in [0.5, 0.6) is 0 Å². The van der Waals surface area contributed by atoms with Crippen molar-refractivity contribution in [2.24, 2.45) is 7.05 Å². The molecule has 0 radical (unpaired) electrons. The van der Waals surface area contributed by atoms with Crippen molar-refractivity contribution < 1.29 is 12.9 Å². The van der Waals surface area contributed by atoms with Gasteiger partial charge in [0.1, 0.15) is 7.05 Å². The van der Waals surface area contributed by atoms with Crippen molar-refractivity contribution in [3.05, 3.63) is 64.5 Å². The maximum atomic E-state index is 8.54. The summed E-state index contributed by atoms with van der Waals surface area (Å²) in [6.07, 6.45) is 0. The molecule has 3 heteroatoms. The van der Waals surface area contributed by atoms with Crippen LogP contribution in [0.3, 0.4) is 0 Å². The molecule has 1 atom stereocenters. The number of aryl methyl sites for hydroxylation is 3. The van der Waals surface area contributed by atoms with E-state index in [1.165, 1.54) is 0 Å². The van der Waals surface area contributed by atoms with Crippen LogP contribution in [0.25, 0.3) is 17.1 Å². The van der Waals surface area contributed by atoms with E-state index in [0.717, 1.165) is 22.4 Å².